The molecule has 102 valence electrons. The molecular formula is C15H32N2. The summed E-state index contributed by atoms with van der Waals surface area (Å²) in [5.74, 6) is 0.964. The Morgan fingerprint density at radius 3 is 2.41 bits per heavy atom. The molecule has 1 aliphatic carbocycles. The van der Waals surface area contributed by atoms with Gasteiger partial charge in [0, 0.05) is 18.6 Å². The third kappa shape index (κ3) is 5.87. The molecule has 1 saturated carbocycles. The second-order valence-corrected chi connectivity index (χ2v) is 5.99. The van der Waals surface area contributed by atoms with E-state index in [1.807, 2.05) is 0 Å². The van der Waals surface area contributed by atoms with E-state index in [2.05, 4.69) is 38.0 Å². The number of hydrogen-bond donors (Lipinski definition) is 1. The smallest absolute Gasteiger partial charge is 0.00787 e. The molecule has 0 aromatic heterocycles. The first-order chi connectivity index (χ1) is 8.13. The molecule has 0 aromatic carbocycles. The van der Waals surface area contributed by atoms with E-state index in [1.54, 1.807) is 0 Å². The molecule has 2 atom stereocenters. The fourth-order valence-corrected chi connectivity index (χ4v) is 3.08. The molecule has 2 heteroatoms. The summed E-state index contributed by atoms with van der Waals surface area (Å²) in [5, 5.41) is 3.51. The lowest BCUT2D eigenvalue weighted by Gasteiger charge is -2.32. The van der Waals surface area contributed by atoms with E-state index in [4.69, 9.17) is 0 Å². The van der Waals surface area contributed by atoms with Crippen molar-refractivity contribution in [3.63, 3.8) is 0 Å². The lowest BCUT2D eigenvalue weighted by molar-refractivity contribution is 0.177. The van der Waals surface area contributed by atoms with Gasteiger partial charge in [-0.25, -0.2) is 0 Å². The third-order valence-electron chi connectivity index (χ3n) is 4.27. The van der Waals surface area contributed by atoms with Crippen LogP contribution in [0.2, 0.25) is 0 Å². The summed E-state index contributed by atoms with van der Waals surface area (Å²) in [4.78, 5) is 2.57. The van der Waals surface area contributed by atoms with E-state index in [-0.39, 0.29) is 0 Å². The van der Waals surface area contributed by atoms with Crippen LogP contribution in [0.3, 0.4) is 0 Å². The monoisotopic (exact) mass is 240 g/mol. The van der Waals surface area contributed by atoms with E-state index >= 15 is 0 Å². The SMILES string of the molecule is CCNC(C)CC(C)N(C)CC1CCCCC1. The molecule has 1 N–H and O–H groups in total. The van der Waals surface area contributed by atoms with E-state index in [0.29, 0.717) is 12.1 Å². The molecule has 17 heavy (non-hydrogen) atoms. The van der Waals surface area contributed by atoms with Crippen LogP contribution in [-0.4, -0.2) is 37.1 Å². The van der Waals surface area contributed by atoms with Crippen molar-refractivity contribution < 1.29 is 0 Å². The molecule has 1 fully saturated rings. The third-order valence-corrected chi connectivity index (χ3v) is 4.27. The van der Waals surface area contributed by atoms with Crippen LogP contribution in [0.5, 0.6) is 0 Å². The molecule has 0 aliphatic heterocycles. The lowest BCUT2D eigenvalue weighted by Crippen LogP contribution is -2.39. The molecule has 0 aromatic rings. The quantitative estimate of drug-likeness (QED) is 0.735. The zero-order valence-corrected chi connectivity index (χ0v) is 12.3. The molecule has 0 spiro atoms. The first-order valence-electron chi connectivity index (χ1n) is 7.57. The van der Waals surface area contributed by atoms with Gasteiger partial charge in [0.1, 0.15) is 0 Å². The predicted octanol–water partition coefficient (Wildman–Crippen LogP) is 3.28. The zero-order chi connectivity index (χ0) is 12.7. The Morgan fingerprint density at radius 1 is 1.18 bits per heavy atom. The molecule has 1 rings (SSSR count). The minimum Gasteiger partial charge on any atom is -0.314 e. The normalized spacial score (nSPS) is 21.7. The van der Waals surface area contributed by atoms with Crippen molar-refractivity contribution in [2.45, 2.75) is 71.4 Å². The van der Waals surface area contributed by atoms with Crippen molar-refractivity contribution in [1.29, 1.82) is 0 Å². The van der Waals surface area contributed by atoms with Crippen LogP contribution < -0.4 is 5.32 Å². The molecular weight excluding hydrogens is 208 g/mol. The van der Waals surface area contributed by atoms with Crippen LogP contribution in [0, 0.1) is 5.92 Å². The summed E-state index contributed by atoms with van der Waals surface area (Å²) in [6.45, 7) is 9.25. The Bertz CT molecular complexity index is 187. The minimum absolute atomic E-state index is 0.642. The van der Waals surface area contributed by atoms with Gasteiger partial charge >= 0.3 is 0 Å². The van der Waals surface area contributed by atoms with Crippen LogP contribution in [0.4, 0.5) is 0 Å². The van der Waals surface area contributed by atoms with Crippen molar-refractivity contribution in [3.8, 4) is 0 Å². The average molecular weight is 240 g/mol. The number of nitrogens with one attached hydrogen (secondary N) is 1. The van der Waals surface area contributed by atoms with Gasteiger partial charge in [-0.2, -0.15) is 0 Å². The zero-order valence-electron chi connectivity index (χ0n) is 12.3. The van der Waals surface area contributed by atoms with Crippen LogP contribution in [0.15, 0.2) is 0 Å². The second kappa shape index (κ2) is 8.10. The average Bonchev–Trinajstić information content (AvgIpc) is 2.30. The van der Waals surface area contributed by atoms with Crippen molar-refractivity contribution in [2.24, 2.45) is 5.92 Å². The lowest BCUT2D eigenvalue weighted by atomic mass is 9.88. The topological polar surface area (TPSA) is 15.3 Å². The summed E-state index contributed by atoms with van der Waals surface area (Å²) >= 11 is 0. The van der Waals surface area contributed by atoms with E-state index in [0.717, 1.165) is 12.5 Å². The van der Waals surface area contributed by atoms with Crippen molar-refractivity contribution in [2.75, 3.05) is 20.1 Å². The molecule has 0 heterocycles. The van der Waals surface area contributed by atoms with Gasteiger partial charge in [0.2, 0.25) is 0 Å². The van der Waals surface area contributed by atoms with Gasteiger partial charge in [0.05, 0.1) is 0 Å². The maximum absolute atomic E-state index is 3.51. The van der Waals surface area contributed by atoms with Gasteiger partial charge in [-0.1, -0.05) is 26.2 Å². The van der Waals surface area contributed by atoms with Gasteiger partial charge in [0.25, 0.3) is 0 Å². The van der Waals surface area contributed by atoms with Crippen LogP contribution >= 0.6 is 0 Å². The van der Waals surface area contributed by atoms with Gasteiger partial charge < -0.3 is 10.2 Å². The van der Waals surface area contributed by atoms with E-state index < -0.39 is 0 Å². The highest BCUT2D eigenvalue weighted by Crippen LogP contribution is 2.24. The van der Waals surface area contributed by atoms with Crippen molar-refractivity contribution >= 4 is 0 Å². The molecule has 1 aliphatic rings. The Morgan fingerprint density at radius 2 is 1.82 bits per heavy atom. The van der Waals surface area contributed by atoms with Crippen molar-refractivity contribution in [3.05, 3.63) is 0 Å². The van der Waals surface area contributed by atoms with Crippen LogP contribution in [-0.2, 0) is 0 Å². The summed E-state index contributed by atoms with van der Waals surface area (Å²) in [5.41, 5.74) is 0. The molecule has 0 saturated heterocycles. The Balaban J connectivity index is 2.22. The fraction of sp³-hybridized carbons (Fsp3) is 1.00. The molecule has 2 unspecified atom stereocenters. The first kappa shape index (κ1) is 15.0. The Labute approximate surface area is 108 Å². The molecule has 2 nitrogen and oxygen atoms in total. The fourth-order valence-electron chi connectivity index (χ4n) is 3.08. The van der Waals surface area contributed by atoms with E-state index in [9.17, 15) is 0 Å². The van der Waals surface area contributed by atoms with Crippen LogP contribution in [0.25, 0.3) is 0 Å². The Hall–Kier alpha value is -0.0800. The van der Waals surface area contributed by atoms with Gasteiger partial charge in [0.15, 0.2) is 0 Å². The highest BCUT2D eigenvalue weighted by molar-refractivity contribution is 4.75. The maximum atomic E-state index is 3.51. The van der Waals surface area contributed by atoms with Gasteiger partial charge in [-0.3, -0.25) is 0 Å². The van der Waals surface area contributed by atoms with E-state index in [1.165, 1.54) is 45.1 Å². The Kier molecular flexibility index (Phi) is 7.14. The molecule has 0 amide bonds. The number of hydrogen-bond acceptors (Lipinski definition) is 2. The summed E-state index contributed by atoms with van der Waals surface area (Å²) in [7, 11) is 2.30. The highest BCUT2D eigenvalue weighted by atomic mass is 15.1. The minimum atomic E-state index is 0.642. The standard InChI is InChI=1S/C15H32N2/c1-5-16-13(2)11-14(3)17(4)12-15-9-7-6-8-10-15/h13-16H,5-12H2,1-4H3. The van der Waals surface area contributed by atoms with Gasteiger partial charge in [-0.15, -0.1) is 0 Å². The molecule has 0 bridgehead atoms. The summed E-state index contributed by atoms with van der Waals surface area (Å²) < 4.78 is 0. The summed E-state index contributed by atoms with van der Waals surface area (Å²) in [6.07, 6.45) is 8.56. The summed E-state index contributed by atoms with van der Waals surface area (Å²) in [6, 6.07) is 1.34. The largest absolute Gasteiger partial charge is 0.314 e. The highest BCUT2D eigenvalue weighted by Gasteiger charge is 2.19. The number of rotatable bonds is 7. The van der Waals surface area contributed by atoms with Gasteiger partial charge in [-0.05, 0) is 52.6 Å². The molecule has 0 radical (unpaired) electrons. The maximum Gasteiger partial charge on any atom is 0.00787 e. The first-order valence-corrected chi connectivity index (χ1v) is 7.57. The van der Waals surface area contributed by atoms with Crippen LogP contribution in [0.1, 0.15) is 59.3 Å². The van der Waals surface area contributed by atoms with Crippen molar-refractivity contribution in [1.82, 2.24) is 10.2 Å². The predicted molar refractivity (Wildman–Crippen MR) is 76.4 cm³/mol. The number of nitrogens with zero attached hydrogens (tertiary/aromatic N) is 1. The second-order valence-electron chi connectivity index (χ2n) is 5.99.